The van der Waals surface area contributed by atoms with Gasteiger partial charge in [0.2, 0.25) is 0 Å². The molecular formula is C17H17F6N3O. The molecular weight excluding hydrogens is 376 g/mol. The fraction of sp³-hybridized carbons (Fsp3) is 0.471. The molecule has 0 atom stereocenters. The van der Waals surface area contributed by atoms with Crippen LogP contribution < -0.4 is 5.32 Å². The predicted molar refractivity (Wildman–Crippen MR) is 87.5 cm³/mol. The smallest absolute Gasteiger partial charge is 0.383 e. The summed E-state index contributed by atoms with van der Waals surface area (Å²) in [5.41, 5.74) is -3.29. The number of ether oxygens (including phenoxy) is 1. The Labute approximate surface area is 151 Å². The number of hydrogen-bond acceptors (Lipinski definition) is 4. The molecule has 10 heteroatoms. The number of halogens is 6. The lowest BCUT2D eigenvalue weighted by atomic mass is 10.1. The molecule has 0 saturated carbocycles. The Kier molecular flexibility index (Phi) is 5.48. The second kappa shape index (κ2) is 7.51. The summed E-state index contributed by atoms with van der Waals surface area (Å²) in [6, 6.07) is 3.97. The van der Waals surface area contributed by atoms with E-state index in [1.165, 1.54) is 6.07 Å². The standard InChI is InChI=1S/C17H17F6N3O/c18-16(19,20)12-3-1-2-11-13(10-14(17(21,22)23)25-15(11)12)24-4-5-26-6-8-27-9-7-26/h1-3,10H,4-9H2,(H,24,25). The molecule has 0 aliphatic carbocycles. The number of benzene rings is 1. The Morgan fingerprint density at radius 3 is 2.37 bits per heavy atom. The van der Waals surface area contributed by atoms with Crippen LogP contribution in [-0.2, 0) is 17.1 Å². The van der Waals surface area contributed by atoms with Crippen molar-refractivity contribution in [2.45, 2.75) is 12.4 Å². The third-order valence-electron chi connectivity index (χ3n) is 4.28. The Hall–Kier alpha value is -2.07. The Balaban J connectivity index is 1.94. The molecule has 27 heavy (non-hydrogen) atoms. The maximum absolute atomic E-state index is 13.2. The molecule has 1 aliphatic heterocycles. The number of para-hydroxylation sites is 1. The van der Waals surface area contributed by atoms with Gasteiger partial charge in [0.25, 0.3) is 0 Å². The molecule has 1 aliphatic rings. The zero-order chi connectivity index (χ0) is 19.7. The third kappa shape index (κ3) is 4.62. The molecule has 0 spiro atoms. The molecule has 2 heterocycles. The predicted octanol–water partition coefficient (Wildman–Crippen LogP) is 4.02. The highest BCUT2D eigenvalue weighted by atomic mass is 19.4. The summed E-state index contributed by atoms with van der Waals surface area (Å²) in [6.45, 7) is 3.37. The average Bonchev–Trinajstić information content (AvgIpc) is 2.60. The van der Waals surface area contributed by atoms with Crippen molar-refractivity contribution in [1.29, 1.82) is 0 Å². The van der Waals surface area contributed by atoms with Crippen LogP contribution >= 0.6 is 0 Å². The van der Waals surface area contributed by atoms with Gasteiger partial charge in [-0.05, 0) is 12.1 Å². The molecule has 1 aromatic carbocycles. The number of alkyl halides is 6. The first-order valence-electron chi connectivity index (χ1n) is 8.28. The number of anilines is 1. The maximum Gasteiger partial charge on any atom is 0.433 e. The van der Waals surface area contributed by atoms with Crippen molar-refractivity contribution in [2.75, 3.05) is 44.7 Å². The van der Waals surface area contributed by atoms with Crippen LogP contribution in [0.5, 0.6) is 0 Å². The van der Waals surface area contributed by atoms with E-state index in [9.17, 15) is 26.3 Å². The molecule has 0 amide bonds. The number of rotatable bonds is 4. The molecule has 1 aromatic heterocycles. The normalized spacial score (nSPS) is 16.7. The van der Waals surface area contributed by atoms with Crippen LogP contribution in [0.4, 0.5) is 32.0 Å². The molecule has 0 bridgehead atoms. The van der Waals surface area contributed by atoms with Gasteiger partial charge in [-0.25, -0.2) is 4.98 Å². The van der Waals surface area contributed by atoms with Crippen molar-refractivity contribution >= 4 is 16.6 Å². The Morgan fingerprint density at radius 2 is 1.74 bits per heavy atom. The van der Waals surface area contributed by atoms with Crippen molar-refractivity contribution in [3.8, 4) is 0 Å². The van der Waals surface area contributed by atoms with Crippen LogP contribution in [0.25, 0.3) is 10.9 Å². The van der Waals surface area contributed by atoms with Crippen LogP contribution in [0.1, 0.15) is 11.3 Å². The van der Waals surface area contributed by atoms with Crippen molar-refractivity contribution in [3.63, 3.8) is 0 Å². The molecule has 1 fully saturated rings. The summed E-state index contributed by atoms with van der Waals surface area (Å²) in [5.74, 6) is 0. The number of fused-ring (bicyclic) bond motifs is 1. The van der Waals surface area contributed by atoms with Gasteiger partial charge < -0.3 is 10.1 Å². The van der Waals surface area contributed by atoms with Crippen LogP contribution in [0.15, 0.2) is 24.3 Å². The van der Waals surface area contributed by atoms with Gasteiger partial charge in [0.05, 0.1) is 24.3 Å². The molecule has 4 nitrogen and oxygen atoms in total. The lowest BCUT2D eigenvalue weighted by Gasteiger charge is -2.26. The van der Waals surface area contributed by atoms with E-state index >= 15 is 0 Å². The number of hydrogen-bond donors (Lipinski definition) is 1. The van der Waals surface area contributed by atoms with Crippen LogP contribution in [0.3, 0.4) is 0 Å². The Bertz CT molecular complexity index is 800. The van der Waals surface area contributed by atoms with E-state index in [-0.39, 0.29) is 17.6 Å². The van der Waals surface area contributed by atoms with Gasteiger partial charge in [-0.15, -0.1) is 0 Å². The second-order valence-corrected chi connectivity index (χ2v) is 6.13. The molecule has 1 N–H and O–H groups in total. The first-order chi connectivity index (χ1) is 12.7. The molecule has 2 aromatic rings. The summed E-state index contributed by atoms with van der Waals surface area (Å²) in [4.78, 5) is 5.32. The van der Waals surface area contributed by atoms with Gasteiger partial charge in [0.1, 0.15) is 5.69 Å². The number of morpholine rings is 1. The van der Waals surface area contributed by atoms with E-state index in [0.717, 1.165) is 18.2 Å². The summed E-state index contributed by atoms with van der Waals surface area (Å²) in [7, 11) is 0. The van der Waals surface area contributed by atoms with E-state index in [1.807, 2.05) is 0 Å². The van der Waals surface area contributed by atoms with Gasteiger partial charge in [-0.1, -0.05) is 12.1 Å². The van der Waals surface area contributed by atoms with Gasteiger partial charge in [0, 0.05) is 37.3 Å². The number of pyridine rings is 1. The SMILES string of the molecule is FC(F)(F)c1cc(NCCN2CCOCC2)c2cccc(C(F)(F)F)c2n1. The molecule has 148 valence electrons. The van der Waals surface area contributed by atoms with Gasteiger partial charge in [-0.3, -0.25) is 4.90 Å². The van der Waals surface area contributed by atoms with Crippen LogP contribution in [0.2, 0.25) is 0 Å². The highest BCUT2D eigenvalue weighted by Crippen LogP contribution is 2.38. The first kappa shape index (κ1) is 19.7. The van der Waals surface area contributed by atoms with E-state index in [4.69, 9.17) is 4.74 Å². The van der Waals surface area contributed by atoms with Crippen molar-refractivity contribution in [3.05, 3.63) is 35.5 Å². The zero-order valence-corrected chi connectivity index (χ0v) is 14.1. The number of aromatic nitrogens is 1. The lowest BCUT2D eigenvalue weighted by Crippen LogP contribution is -2.39. The minimum Gasteiger partial charge on any atom is -0.383 e. The zero-order valence-electron chi connectivity index (χ0n) is 14.1. The fourth-order valence-corrected chi connectivity index (χ4v) is 2.94. The monoisotopic (exact) mass is 393 g/mol. The minimum absolute atomic E-state index is 0.000183. The van der Waals surface area contributed by atoms with Gasteiger partial charge in [0.15, 0.2) is 0 Å². The first-order valence-corrected chi connectivity index (χ1v) is 8.28. The van der Waals surface area contributed by atoms with Crippen molar-refractivity contribution in [2.24, 2.45) is 0 Å². The maximum atomic E-state index is 13.2. The van der Waals surface area contributed by atoms with Crippen LogP contribution in [-0.4, -0.2) is 49.3 Å². The Morgan fingerprint density at radius 1 is 1.04 bits per heavy atom. The summed E-state index contributed by atoms with van der Waals surface area (Å²) in [6.07, 6.45) is -9.66. The quantitative estimate of drug-likeness (QED) is 0.797. The average molecular weight is 393 g/mol. The topological polar surface area (TPSA) is 37.4 Å². The van der Waals surface area contributed by atoms with Crippen molar-refractivity contribution < 1.29 is 31.1 Å². The van der Waals surface area contributed by atoms with E-state index < -0.39 is 29.1 Å². The second-order valence-electron chi connectivity index (χ2n) is 6.13. The lowest BCUT2D eigenvalue weighted by molar-refractivity contribution is -0.142. The molecule has 0 radical (unpaired) electrons. The summed E-state index contributed by atoms with van der Waals surface area (Å²) in [5, 5.41) is 2.84. The molecule has 0 unspecified atom stereocenters. The van der Waals surface area contributed by atoms with Gasteiger partial charge in [-0.2, -0.15) is 26.3 Å². The number of nitrogens with zero attached hydrogens (tertiary/aromatic N) is 2. The van der Waals surface area contributed by atoms with Crippen molar-refractivity contribution in [1.82, 2.24) is 9.88 Å². The minimum atomic E-state index is -4.85. The molecule has 3 rings (SSSR count). The van der Waals surface area contributed by atoms with E-state index in [1.54, 1.807) is 0 Å². The summed E-state index contributed by atoms with van der Waals surface area (Å²) >= 11 is 0. The van der Waals surface area contributed by atoms with Gasteiger partial charge >= 0.3 is 12.4 Å². The van der Waals surface area contributed by atoms with E-state index in [2.05, 4.69) is 15.2 Å². The highest BCUT2D eigenvalue weighted by Gasteiger charge is 2.37. The summed E-state index contributed by atoms with van der Waals surface area (Å²) < 4.78 is 84.3. The highest BCUT2D eigenvalue weighted by molar-refractivity contribution is 5.93. The van der Waals surface area contributed by atoms with E-state index in [0.29, 0.717) is 32.8 Å². The number of nitrogens with one attached hydrogen (secondary N) is 1. The van der Waals surface area contributed by atoms with Crippen LogP contribution in [0, 0.1) is 0 Å². The fourth-order valence-electron chi connectivity index (χ4n) is 2.94. The molecule has 1 saturated heterocycles. The largest absolute Gasteiger partial charge is 0.433 e. The third-order valence-corrected chi connectivity index (χ3v) is 4.28.